The minimum absolute atomic E-state index is 0.189. The molecule has 0 bridgehead atoms. The average Bonchev–Trinajstić information content (AvgIpc) is 2.28. The van der Waals surface area contributed by atoms with Crippen molar-refractivity contribution in [3.05, 3.63) is 24.8 Å². The summed E-state index contributed by atoms with van der Waals surface area (Å²) in [4.78, 5) is 22.5. The lowest BCUT2D eigenvalue weighted by Crippen LogP contribution is -2.29. The lowest BCUT2D eigenvalue weighted by Gasteiger charge is -2.18. The molecule has 1 atom stereocenters. The average molecular weight is 243 g/mol. The molecule has 0 N–H and O–H groups in total. The maximum atomic E-state index is 10.6. The van der Waals surface area contributed by atoms with Crippen molar-refractivity contribution in [3.63, 3.8) is 0 Å². The Kier molecular flexibility index (Phi) is 10.0. The van der Waals surface area contributed by atoms with Gasteiger partial charge in [0.2, 0.25) is 0 Å². The molecule has 0 aromatic heterocycles. The van der Waals surface area contributed by atoms with E-state index in [2.05, 4.69) is 17.9 Å². The van der Waals surface area contributed by atoms with E-state index in [0.717, 1.165) is 6.08 Å². The van der Waals surface area contributed by atoms with Crippen LogP contribution in [0.25, 0.3) is 0 Å². The van der Waals surface area contributed by atoms with Crippen LogP contribution in [0.3, 0.4) is 0 Å². The van der Waals surface area contributed by atoms with Crippen molar-refractivity contribution in [2.24, 2.45) is 0 Å². The van der Waals surface area contributed by atoms with Crippen LogP contribution in [0.15, 0.2) is 24.8 Å². The van der Waals surface area contributed by atoms with Crippen LogP contribution in [-0.2, 0) is 19.1 Å². The predicted octanol–water partition coefficient (Wildman–Crippen LogP) is 1.36. The van der Waals surface area contributed by atoms with Crippen molar-refractivity contribution in [2.45, 2.75) is 20.1 Å². The minimum Gasteiger partial charge on any atom is -0.466 e. The number of carbonyl (C=O) groups excluding carboxylic acids is 2. The molecule has 0 rings (SSSR count). The first-order valence-corrected chi connectivity index (χ1v) is 4.99. The maximum absolute atomic E-state index is 10.6. The van der Waals surface area contributed by atoms with Gasteiger partial charge in [0.05, 0.1) is 7.11 Å². The number of hydrogen-bond acceptors (Lipinski definition) is 5. The van der Waals surface area contributed by atoms with Crippen molar-refractivity contribution < 1.29 is 19.1 Å². The van der Waals surface area contributed by atoms with Gasteiger partial charge in [-0.15, -0.1) is 0 Å². The smallest absolute Gasteiger partial charge is 0.332 e. The van der Waals surface area contributed by atoms with E-state index in [9.17, 15) is 9.59 Å². The Morgan fingerprint density at radius 2 is 1.82 bits per heavy atom. The second-order valence-electron chi connectivity index (χ2n) is 3.48. The van der Waals surface area contributed by atoms with Crippen LogP contribution in [0.5, 0.6) is 0 Å². The molecule has 0 saturated heterocycles. The highest BCUT2D eigenvalue weighted by Gasteiger charge is 2.06. The quantitative estimate of drug-likeness (QED) is 0.424. The van der Waals surface area contributed by atoms with E-state index in [1.807, 2.05) is 14.1 Å². The van der Waals surface area contributed by atoms with Gasteiger partial charge in [0, 0.05) is 11.6 Å². The van der Waals surface area contributed by atoms with Crippen molar-refractivity contribution in [2.75, 3.05) is 21.2 Å². The number of methoxy groups -OCH3 is 1. The molecule has 5 heteroatoms. The number of rotatable bonds is 4. The Balaban J connectivity index is 0. The Morgan fingerprint density at radius 3 is 2.00 bits per heavy atom. The molecule has 0 aromatic rings. The molecule has 0 aromatic carbocycles. The van der Waals surface area contributed by atoms with E-state index in [-0.39, 0.29) is 18.2 Å². The monoisotopic (exact) mass is 243 g/mol. The Bertz CT molecular complexity index is 284. The topological polar surface area (TPSA) is 55.8 Å². The first-order valence-electron chi connectivity index (χ1n) is 4.99. The van der Waals surface area contributed by atoms with Gasteiger partial charge >= 0.3 is 11.9 Å². The molecule has 0 radical (unpaired) electrons. The molecule has 0 amide bonds. The third-order valence-electron chi connectivity index (χ3n) is 1.71. The van der Waals surface area contributed by atoms with E-state index < -0.39 is 0 Å². The van der Waals surface area contributed by atoms with Crippen molar-refractivity contribution in [1.82, 2.24) is 4.90 Å². The van der Waals surface area contributed by atoms with Gasteiger partial charge in [-0.3, -0.25) is 4.90 Å². The summed E-state index contributed by atoms with van der Waals surface area (Å²) in [5.74, 6) is -0.735. The molecular formula is C12H21NO4. The molecule has 0 aliphatic heterocycles. The number of nitrogens with zero attached hydrogens (tertiary/aromatic N) is 1. The second-order valence-corrected chi connectivity index (χ2v) is 3.48. The summed E-state index contributed by atoms with van der Waals surface area (Å²) in [6.07, 6.45) is 0.963. The molecule has 0 spiro atoms. The van der Waals surface area contributed by atoms with Crippen LogP contribution in [0, 0.1) is 0 Å². The second kappa shape index (κ2) is 9.59. The summed E-state index contributed by atoms with van der Waals surface area (Å²) in [5.41, 5.74) is 0.433. The minimum atomic E-state index is -0.388. The molecule has 0 aliphatic carbocycles. The largest absolute Gasteiger partial charge is 0.466 e. The van der Waals surface area contributed by atoms with E-state index in [1.54, 1.807) is 18.7 Å². The number of ether oxygens (including phenoxy) is 2. The zero-order chi connectivity index (χ0) is 14.0. The van der Waals surface area contributed by atoms with Crippen molar-refractivity contribution >= 4 is 11.9 Å². The van der Waals surface area contributed by atoms with Crippen LogP contribution < -0.4 is 0 Å². The third-order valence-corrected chi connectivity index (χ3v) is 1.71. The SMILES string of the molecule is C=C(C)C(=O)OC.C=CC(=O)OC(C)N(C)C. The number of carbonyl (C=O) groups is 2. The standard InChI is InChI=1S/C7H13NO2.C5H8O2/c1-5-7(9)10-6(2)8(3)4;1-4(2)5(6)7-3/h5-6H,1H2,2-4H3;1H2,2-3H3. The Hall–Kier alpha value is -1.62. The predicted molar refractivity (Wildman–Crippen MR) is 66.3 cm³/mol. The van der Waals surface area contributed by atoms with Gasteiger partial charge in [-0.05, 0) is 27.9 Å². The van der Waals surface area contributed by atoms with Crippen LogP contribution >= 0.6 is 0 Å². The maximum Gasteiger partial charge on any atom is 0.332 e. The van der Waals surface area contributed by atoms with Crippen LogP contribution in [0.1, 0.15) is 13.8 Å². The fourth-order valence-corrected chi connectivity index (χ4v) is 0.496. The third kappa shape index (κ3) is 10.7. The van der Waals surface area contributed by atoms with Crippen molar-refractivity contribution in [1.29, 1.82) is 0 Å². The first-order chi connectivity index (χ1) is 7.76. The van der Waals surface area contributed by atoms with Gasteiger partial charge in [0.15, 0.2) is 6.23 Å². The fourth-order valence-electron chi connectivity index (χ4n) is 0.496. The van der Waals surface area contributed by atoms with Gasteiger partial charge in [-0.25, -0.2) is 9.59 Å². The van der Waals surface area contributed by atoms with Crippen LogP contribution in [-0.4, -0.2) is 44.3 Å². The first kappa shape index (κ1) is 17.8. The highest BCUT2D eigenvalue weighted by molar-refractivity contribution is 5.86. The Labute approximate surface area is 103 Å². The number of esters is 2. The van der Waals surface area contributed by atoms with Gasteiger partial charge in [0.1, 0.15) is 0 Å². The molecular weight excluding hydrogens is 222 g/mol. The normalized spacial score (nSPS) is 10.7. The molecule has 17 heavy (non-hydrogen) atoms. The summed E-state index contributed by atoms with van der Waals surface area (Å²) in [6.45, 7) is 10.0. The fraction of sp³-hybridized carbons (Fsp3) is 0.500. The molecule has 0 aliphatic rings. The van der Waals surface area contributed by atoms with Crippen LogP contribution in [0.4, 0.5) is 0 Å². The summed E-state index contributed by atoms with van der Waals surface area (Å²) in [6, 6.07) is 0. The van der Waals surface area contributed by atoms with Gasteiger partial charge in [-0.2, -0.15) is 0 Å². The van der Waals surface area contributed by atoms with E-state index >= 15 is 0 Å². The molecule has 0 fully saturated rings. The lowest BCUT2D eigenvalue weighted by atomic mass is 10.4. The highest BCUT2D eigenvalue weighted by Crippen LogP contribution is 1.94. The van der Waals surface area contributed by atoms with E-state index in [1.165, 1.54) is 7.11 Å². The number of hydrogen-bond donors (Lipinski definition) is 0. The highest BCUT2D eigenvalue weighted by atomic mass is 16.6. The van der Waals surface area contributed by atoms with Gasteiger partial charge in [-0.1, -0.05) is 13.2 Å². The summed E-state index contributed by atoms with van der Waals surface area (Å²) in [7, 11) is 5.00. The van der Waals surface area contributed by atoms with Gasteiger partial charge in [0.25, 0.3) is 0 Å². The summed E-state index contributed by atoms with van der Waals surface area (Å²) in [5, 5.41) is 0. The van der Waals surface area contributed by atoms with Crippen LogP contribution in [0.2, 0.25) is 0 Å². The molecule has 98 valence electrons. The summed E-state index contributed by atoms with van der Waals surface area (Å²) < 4.78 is 9.10. The zero-order valence-electron chi connectivity index (χ0n) is 11.1. The molecule has 1 unspecified atom stereocenters. The van der Waals surface area contributed by atoms with Crippen molar-refractivity contribution in [3.8, 4) is 0 Å². The van der Waals surface area contributed by atoms with Gasteiger partial charge < -0.3 is 9.47 Å². The zero-order valence-corrected chi connectivity index (χ0v) is 11.1. The molecule has 0 heterocycles. The summed E-state index contributed by atoms with van der Waals surface area (Å²) >= 11 is 0. The Morgan fingerprint density at radius 1 is 1.35 bits per heavy atom. The molecule has 5 nitrogen and oxygen atoms in total. The van der Waals surface area contributed by atoms with E-state index in [0.29, 0.717) is 5.57 Å². The lowest BCUT2D eigenvalue weighted by molar-refractivity contribution is -0.149. The van der Waals surface area contributed by atoms with E-state index in [4.69, 9.17) is 4.74 Å². The molecule has 0 saturated carbocycles.